The maximum absolute atomic E-state index is 13.6. The van der Waals surface area contributed by atoms with Crippen molar-refractivity contribution in [1.29, 1.82) is 0 Å². The summed E-state index contributed by atoms with van der Waals surface area (Å²) in [5.74, 6) is -0.269. The van der Waals surface area contributed by atoms with E-state index in [1.807, 2.05) is 0 Å². The molecule has 0 heterocycles. The lowest BCUT2D eigenvalue weighted by Crippen LogP contribution is -2.34. The summed E-state index contributed by atoms with van der Waals surface area (Å²) >= 11 is 0. The summed E-state index contributed by atoms with van der Waals surface area (Å²) in [5, 5.41) is 0. The van der Waals surface area contributed by atoms with E-state index in [1.165, 1.54) is 6.07 Å². The molecule has 0 unspecified atom stereocenters. The van der Waals surface area contributed by atoms with Gasteiger partial charge >= 0.3 is 0 Å². The lowest BCUT2D eigenvalue weighted by atomic mass is 9.89. The lowest BCUT2D eigenvalue weighted by molar-refractivity contribution is 0.433. The van der Waals surface area contributed by atoms with Gasteiger partial charge in [-0.3, -0.25) is 0 Å². The third kappa shape index (κ3) is 2.24. The van der Waals surface area contributed by atoms with Crippen molar-refractivity contribution in [3.05, 3.63) is 29.6 Å². The Morgan fingerprint density at radius 1 is 1.20 bits per heavy atom. The zero-order valence-electron chi connectivity index (χ0n) is 8.50. The number of halogens is 2. The van der Waals surface area contributed by atoms with Crippen LogP contribution in [0.25, 0.3) is 0 Å². The molecule has 0 aromatic heterocycles. The fourth-order valence-corrected chi connectivity index (χ4v) is 2.21. The van der Waals surface area contributed by atoms with Crippen LogP contribution in [-0.4, -0.2) is 0 Å². The molecular formula is C11H16ClFN2. The van der Waals surface area contributed by atoms with E-state index in [9.17, 15) is 4.39 Å². The van der Waals surface area contributed by atoms with Crippen molar-refractivity contribution in [1.82, 2.24) is 0 Å². The van der Waals surface area contributed by atoms with Crippen molar-refractivity contribution >= 4 is 18.1 Å². The summed E-state index contributed by atoms with van der Waals surface area (Å²) in [7, 11) is 0. The Bertz CT molecular complexity index is 348. The minimum atomic E-state index is -0.461. The van der Waals surface area contributed by atoms with Gasteiger partial charge in [0.25, 0.3) is 0 Å². The van der Waals surface area contributed by atoms with Crippen molar-refractivity contribution in [3.63, 3.8) is 0 Å². The quantitative estimate of drug-likeness (QED) is 0.729. The fraction of sp³-hybridized carbons (Fsp3) is 0.455. The molecule has 0 atom stereocenters. The van der Waals surface area contributed by atoms with E-state index < -0.39 is 5.54 Å². The molecule has 4 N–H and O–H groups in total. The SMILES string of the molecule is Cl.Nc1ccc(C2(N)CCCC2)c(F)c1. The average molecular weight is 231 g/mol. The van der Waals surface area contributed by atoms with Gasteiger partial charge in [-0.25, -0.2) is 4.39 Å². The summed E-state index contributed by atoms with van der Waals surface area (Å²) in [4.78, 5) is 0. The van der Waals surface area contributed by atoms with Gasteiger partial charge in [0.1, 0.15) is 5.82 Å². The maximum Gasteiger partial charge on any atom is 0.130 e. The molecular weight excluding hydrogens is 215 g/mol. The minimum Gasteiger partial charge on any atom is -0.399 e. The zero-order valence-corrected chi connectivity index (χ0v) is 9.32. The molecule has 0 amide bonds. The number of hydrogen-bond donors (Lipinski definition) is 2. The van der Waals surface area contributed by atoms with Gasteiger partial charge in [0, 0.05) is 16.8 Å². The summed E-state index contributed by atoms with van der Waals surface area (Å²) in [6, 6.07) is 4.78. The van der Waals surface area contributed by atoms with Crippen molar-refractivity contribution < 1.29 is 4.39 Å². The first-order valence-corrected chi connectivity index (χ1v) is 4.96. The second-order valence-electron chi connectivity index (χ2n) is 4.10. The van der Waals surface area contributed by atoms with E-state index in [4.69, 9.17) is 11.5 Å². The molecule has 1 aliphatic carbocycles. The van der Waals surface area contributed by atoms with Gasteiger partial charge in [0.2, 0.25) is 0 Å². The number of anilines is 1. The van der Waals surface area contributed by atoms with E-state index in [-0.39, 0.29) is 18.2 Å². The van der Waals surface area contributed by atoms with E-state index in [0.29, 0.717) is 11.3 Å². The van der Waals surface area contributed by atoms with E-state index in [0.717, 1.165) is 25.7 Å². The maximum atomic E-state index is 13.6. The second kappa shape index (κ2) is 4.37. The number of hydrogen-bond acceptors (Lipinski definition) is 2. The molecule has 2 rings (SSSR count). The monoisotopic (exact) mass is 230 g/mol. The Balaban J connectivity index is 0.00000112. The highest BCUT2D eigenvalue weighted by molar-refractivity contribution is 5.85. The molecule has 0 saturated heterocycles. The molecule has 1 aliphatic rings. The molecule has 1 aromatic rings. The Kier molecular flexibility index (Phi) is 3.58. The predicted octanol–water partition coefficient (Wildman–Crippen LogP) is 2.56. The minimum absolute atomic E-state index is 0. The third-order valence-electron chi connectivity index (χ3n) is 3.03. The van der Waals surface area contributed by atoms with E-state index in [2.05, 4.69) is 0 Å². The van der Waals surface area contributed by atoms with Gasteiger partial charge < -0.3 is 11.5 Å². The lowest BCUT2D eigenvalue weighted by Gasteiger charge is -2.24. The van der Waals surface area contributed by atoms with Crippen molar-refractivity contribution in [2.75, 3.05) is 5.73 Å². The van der Waals surface area contributed by atoms with Gasteiger partial charge in [0.05, 0.1) is 0 Å². The van der Waals surface area contributed by atoms with Crippen LogP contribution >= 0.6 is 12.4 Å². The van der Waals surface area contributed by atoms with Crippen LogP contribution in [0.1, 0.15) is 31.2 Å². The number of benzene rings is 1. The van der Waals surface area contributed by atoms with Gasteiger partial charge in [-0.05, 0) is 25.0 Å². The molecule has 2 nitrogen and oxygen atoms in total. The molecule has 0 aliphatic heterocycles. The first kappa shape index (κ1) is 12.3. The van der Waals surface area contributed by atoms with E-state index >= 15 is 0 Å². The molecule has 84 valence electrons. The molecule has 1 saturated carbocycles. The normalized spacial score (nSPS) is 18.5. The molecule has 0 spiro atoms. The van der Waals surface area contributed by atoms with Crippen molar-refractivity contribution in [3.8, 4) is 0 Å². The van der Waals surface area contributed by atoms with Gasteiger partial charge in [0.15, 0.2) is 0 Å². The van der Waals surface area contributed by atoms with E-state index in [1.54, 1.807) is 12.1 Å². The topological polar surface area (TPSA) is 52.0 Å². The Labute approximate surface area is 95.2 Å². The van der Waals surface area contributed by atoms with Gasteiger partial charge in [-0.1, -0.05) is 18.9 Å². The van der Waals surface area contributed by atoms with Crippen molar-refractivity contribution in [2.45, 2.75) is 31.2 Å². The average Bonchev–Trinajstić information content (AvgIpc) is 2.52. The molecule has 1 fully saturated rings. The Hall–Kier alpha value is -0.800. The highest BCUT2D eigenvalue weighted by Crippen LogP contribution is 2.37. The summed E-state index contributed by atoms with van der Waals surface area (Å²) in [5.41, 5.74) is 12.2. The largest absolute Gasteiger partial charge is 0.399 e. The smallest absolute Gasteiger partial charge is 0.130 e. The van der Waals surface area contributed by atoms with Crippen LogP contribution in [0.3, 0.4) is 0 Å². The zero-order chi connectivity index (χ0) is 10.2. The van der Waals surface area contributed by atoms with Crippen LogP contribution < -0.4 is 11.5 Å². The predicted molar refractivity (Wildman–Crippen MR) is 62.4 cm³/mol. The molecule has 15 heavy (non-hydrogen) atoms. The number of nitrogen functional groups attached to an aromatic ring is 1. The van der Waals surface area contributed by atoms with Gasteiger partial charge in [-0.15, -0.1) is 12.4 Å². The van der Waals surface area contributed by atoms with Crippen LogP contribution in [0.5, 0.6) is 0 Å². The first-order chi connectivity index (χ1) is 6.62. The Morgan fingerprint density at radius 3 is 2.33 bits per heavy atom. The second-order valence-corrected chi connectivity index (χ2v) is 4.10. The van der Waals surface area contributed by atoms with Crippen LogP contribution in [0, 0.1) is 5.82 Å². The summed E-state index contributed by atoms with van der Waals surface area (Å²) in [6.07, 6.45) is 3.91. The number of nitrogens with two attached hydrogens (primary N) is 2. The van der Waals surface area contributed by atoms with Crippen LogP contribution in [0.15, 0.2) is 18.2 Å². The third-order valence-corrected chi connectivity index (χ3v) is 3.03. The molecule has 0 radical (unpaired) electrons. The molecule has 1 aromatic carbocycles. The van der Waals surface area contributed by atoms with Crippen molar-refractivity contribution in [2.24, 2.45) is 5.73 Å². The highest BCUT2D eigenvalue weighted by atomic mass is 35.5. The van der Waals surface area contributed by atoms with Crippen LogP contribution in [0.2, 0.25) is 0 Å². The standard InChI is InChI=1S/C11H15FN2.ClH/c12-10-7-8(13)3-4-9(10)11(14)5-1-2-6-11;/h3-4,7H,1-2,5-6,13-14H2;1H. The molecule has 0 bridgehead atoms. The first-order valence-electron chi connectivity index (χ1n) is 4.96. The number of rotatable bonds is 1. The van der Waals surface area contributed by atoms with Crippen LogP contribution in [0.4, 0.5) is 10.1 Å². The summed E-state index contributed by atoms with van der Waals surface area (Å²) < 4.78 is 13.6. The molecule has 4 heteroatoms. The Morgan fingerprint density at radius 2 is 1.80 bits per heavy atom. The fourth-order valence-electron chi connectivity index (χ4n) is 2.21. The highest BCUT2D eigenvalue weighted by Gasteiger charge is 2.33. The van der Waals surface area contributed by atoms with Gasteiger partial charge in [-0.2, -0.15) is 0 Å². The van der Waals surface area contributed by atoms with Crippen LogP contribution in [-0.2, 0) is 5.54 Å². The summed E-state index contributed by atoms with van der Waals surface area (Å²) in [6.45, 7) is 0.